The summed E-state index contributed by atoms with van der Waals surface area (Å²) in [6.45, 7) is 8.41. The molecule has 4 saturated carbocycles. The van der Waals surface area contributed by atoms with Crippen molar-refractivity contribution in [3.63, 3.8) is 0 Å². The second kappa shape index (κ2) is 4.38. The summed E-state index contributed by atoms with van der Waals surface area (Å²) in [5.74, 6) is -2.39. The highest BCUT2D eigenvalue weighted by atomic mass is 16.6. The van der Waals surface area contributed by atoms with Gasteiger partial charge in [-0.15, -0.1) is 0 Å². The fraction of sp³-hybridized carbons (Fsp3) is 0.850. The molecule has 138 valence electrons. The predicted molar refractivity (Wildman–Crippen MR) is 89.3 cm³/mol. The van der Waals surface area contributed by atoms with Crippen LogP contribution in [0.4, 0.5) is 0 Å². The van der Waals surface area contributed by atoms with Gasteiger partial charge in [0.25, 0.3) is 0 Å². The Bertz CT molecular complexity index is 686. The van der Waals surface area contributed by atoms with Crippen LogP contribution in [0.2, 0.25) is 0 Å². The highest BCUT2D eigenvalue weighted by molar-refractivity contribution is 6.04. The zero-order valence-electron chi connectivity index (χ0n) is 15.0. The molecular formula is C20H28O5. The summed E-state index contributed by atoms with van der Waals surface area (Å²) in [5.41, 5.74) is -1.48. The van der Waals surface area contributed by atoms with Crippen LogP contribution in [-0.4, -0.2) is 45.7 Å². The lowest BCUT2D eigenvalue weighted by Gasteiger charge is -2.74. The Balaban J connectivity index is 1.79. The molecular weight excluding hydrogens is 320 g/mol. The highest BCUT2D eigenvalue weighted by Gasteiger charge is 2.84. The number of rotatable bonds is 0. The molecule has 6 aliphatic rings. The topological polar surface area (TPSA) is 87.0 Å². The lowest BCUT2D eigenvalue weighted by Crippen LogP contribution is -2.83. The molecule has 0 amide bonds. The minimum atomic E-state index is -1.87. The zero-order chi connectivity index (χ0) is 18.0. The van der Waals surface area contributed by atoms with Gasteiger partial charge in [0, 0.05) is 11.3 Å². The fourth-order valence-corrected chi connectivity index (χ4v) is 7.82. The van der Waals surface area contributed by atoms with E-state index in [-0.39, 0.29) is 35.6 Å². The molecule has 0 aromatic rings. The van der Waals surface area contributed by atoms with Crippen molar-refractivity contribution in [3.8, 4) is 0 Å². The van der Waals surface area contributed by atoms with Crippen LogP contribution in [0.1, 0.15) is 46.0 Å². The van der Waals surface area contributed by atoms with Crippen molar-refractivity contribution in [3.05, 3.63) is 12.2 Å². The molecule has 6 fully saturated rings. The molecule has 8 atom stereocenters. The molecule has 3 N–H and O–H groups in total. The monoisotopic (exact) mass is 348 g/mol. The van der Waals surface area contributed by atoms with Crippen LogP contribution in [0.25, 0.3) is 0 Å². The smallest absolute Gasteiger partial charge is 0.205 e. The molecule has 2 aliphatic heterocycles. The van der Waals surface area contributed by atoms with E-state index >= 15 is 0 Å². The van der Waals surface area contributed by atoms with Gasteiger partial charge in [0.15, 0.2) is 5.78 Å². The number of allylic oxidation sites excluding steroid dienone is 1. The number of carbonyl (C=O) groups is 1. The van der Waals surface area contributed by atoms with Gasteiger partial charge in [-0.05, 0) is 54.9 Å². The van der Waals surface area contributed by atoms with Gasteiger partial charge < -0.3 is 20.1 Å². The summed E-state index contributed by atoms with van der Waals surface area (Å²) in [4.78, 5) is 13.3. The third-order valence-corrected chi connectivity index (χ3v) is 8.81. The van der Waals surface area contributed by atoms with Gasteiger partial charge >= 0.3 is 0 Å². The lowest BCUT2D eigenvalue weighted by molar-refractivity contribution is -0.448. The number of aliphatic hydroxyl groups is 3. The minimum Gasteiger partial charge on any atom is -0.392 e. The van der Waals surface area contributed by atoms with Gasteiger partial charge in [0.1, 0.15) is 6.10 Å². The van der Waals surface area contributed by atoms with Crippen molar-refractivity contribution in [2.45, 2.75) is 63.9 Å². The summed E-state index contributed by atoms with van der Waals surface area (Å²) in [7, 11) is 0. The van der Waals surface area contributed by atoms with E-state index < -0.39 is 28.8 Å². The highest BCUT2D eigenvalue weighted by Crippen LogP contribution is 2.76. The standard InChI is InChI=1S/C20H28O5/c1-10-11-4-5-12-18-9-25-20(24,19(12,8-11)15(10)22)16(23)14(18)17(2,3)7-6-13(18)21/h11-14,16,21,23-24H,1,4-9H2,2-3H3/t11-,12?,13?,14?,16-,18-,19+,20?/m0/s1. The number of Topliss-reactive ketones (excluding diaryl/α,β-unsaturated/α-hetero) is 1. The van der Waals surface area contributed by atoms with Crippen LogP contribution in [0.3, 0.4) is 0 Å². The van der Waals surface area contributed by atoms with Crippen molar-refractivity contribution in [1.29, 1.82) is 0 Å². The van der Waals surface area contributed by atoms with Crippen LogP contribution in [-0.2, 0) is 9.53 Å². The first-order valence-corrected chi connectivity index (χ1v) is 9.59. The Morgan fingerprint density at radius 3 is 2.64 bits per heavy atom. The van der Waals surface area contributed by atoms with E-state index in [2.05, 4.69) is 20.4 Å². The van der Waals surface area contributed by atoms with Crippen LogP contribution in [0, 0.1) is 34.0 Å². The number of hydrogen-bond acceptors (Lipinski definition) is 5. The molecule has 0 radical (unpaired) electrons. The number of carbonyl (C=O) groups excluding carboxylic acids is 1. The summed E-state index contributed by atoms with van der Waals surface area (Å²) < 4.78 is 5.89. The first-order valence-electron chi connectivity index (χ1n) is 9.59. The van der Waals surface area contributed by atoms with Crippen LogP contribution in [0.15, 0.2) is 12.2 Å². The average molecular weight is 348 g/mol. The van der Waals surface area contributed by atoms with Crippen molar-refractivity contribution in [1.82, 2.24) is 0 Å². The molecule has 5 heteroatoms. The van der Waals surface area contributed by atoms with E-state index in [9.17, 15) is 20.1 Å². The first kappa shape index (κ1) is 16.4. The summed E-state index contributed by atoms with van der Waals surface area (Å²) in [5, 5.41) is 34.0. The van der Waals surface area contributed by atoms with Crippen molar-refractivity contribution >= 4 is 5.78 Å². The maximum atomic E-state index is 13.3. The van der Waals surface area contributed by atoms with E-state index in [1.54, 1.807) is 0 Å². The Hall–Kier alpha value is -0.750. The van der Waals surface area contributed by atoms with Gasteiger partial charge in [-0.3, -0.25) is 4.79 Å². The van der Waals surface area contributed by atoms with Crippen LogP contribution < -0.4 is 0 Å². The fourth-order valence-electron chi connectivity index (χ4n) is 7.82. The van der Waals surface area contributed by atoms with E-state index in [0.717, 1.165) is 19.3 Å². The van der Waals surface area contributed by atoms with Crippen molar-refractivity contribution in [2.24, 2.45) is 34.0 Å². The summed E-state index contributed by atoms with van der Waals surface area (Å²) in [6, 6.07) is 0. The van der Waals surface area contributed by atoms with E-state index in [1.807, 2.05) is 0 Å². The first-order chi connectivity index (χ1) is 11.6. The quantitative estimate of drug-likeness (QED) is 0.576. The van der Waals surface area contributed by atoms with Gasteiger partial charge in [0.2, 0.25) is 5.79 Å². The van der Waals surface area contributed by atoms with Gasteiger partial charge in [-0.1, -0.05) is 20.4 Å². The van der Waals surface area contributed by atoms with Gasteiger partial charge in [0.05, 0.1) is 18.1 Å². The van der Waals surface area contributed by atoms with Crippen LogP contribution in [0.5, 0.6) is 0 Å². The summed E-state index contributed by atoms with van der Waals surface area (Å²) in [6.07, 6.45) is 1.77. The van der Waals surface area contributed by atoms with E-state index in [1.165, 1.54) is 0 Å². The molecule has 4 bridgehead atoms. The van der Waals surface area contributed by atoms with Crippen molar-refractivity contribution in [2.75, 3.05) is 6.61 Å². The molecule has 2 spiro atoms. The number of ketones is 1. The maximum absolute atomic E-state index is 13.3. The average Bonchev–Trinajstić information content (AvgIpc) is 2.75. The Morgan fingerprint density at radius 2 is 1.92 bits per heavy atom. The molecule has 2 saturated heterocycles. The molecule has 4 unspecified atom stereocenters. The molecule has 4 aliphatic carbocycles. The Morgan fingerprint density at radius 1 is 1.20 bits per heavy atom. The second-order valence-corrected chi connectivity index (χ2v) is 9.92. The normalized spacial score (nSPS) is 58.8. The van der Waals surface area contributed by atoms with Crippen molar-refractivity contribution < 1.29 is 24.9 Å². The second-order valence-electron chi connectivity index (χ2n) is 9.92. The Labute approximate surface area is 148 Å². The number of fused-ring (bicyclic) bond motifs is 2. The third-order valence-electron chi connectivity index (χ3n) is 8.81. The van der Waals surface area contributed by atoms with Crippen LogP contribution >= 0.6 is 0 Å². The molecule has 0 aromatic heterocycles. The Kier molecular flexibility index (Phi) is 2.88. The molecule has 5 nitrogen and oxygen atoms in total. The maximum Gasteiger partial charge on any atom is 0.205 e. The predicted octanol–water partition coefficient (Wildman–Crippen LogP) is 1.40. The third kappa shape index (κ3) is 1.44. The lowest BCUT2D eigenvalue weighted by atomic mass is 9.36. The number of hydrogen-bond donors (Lipinski definition) is 3. The minimum absolute atomic E-state index is 0.0616. The van der Waals surface area contributed by atoms with Gasteiger partial charge in [-0.25, -0.2) is 0 Å². The number of aliphatic hydroxyl groups excluding tert-OH is 2. The van der Waals surface area contributed by atoms with Gasteiger partial charge in [-0.2, -0.15) is 0 Å². The molecule has 2 heterocycles. The largest absolute Gasteiger partial charge is 0.392 e. The SMILES string of the molecule is C=C1C(=O)[C@@]23C[C@@H]1CCC2[C@]12COC3(O)[C@@H](O)C1C(C)(C)CCC2O. The van der Waals surface area contributed by atoms with E-state index in [4.69, 9.17) is 4.74 Å². The molecule has 6 rings (SSSR count). The molecule has 0 aromatic carbocycles. The zero-order valence-corrected chi connectivity index (χ0v) is 15.0. The molecule has 25 heavy (non-hydrogen) atoms. The number of ether oxygens (including phenoxy) is 1. The van der Waals surface area contributed by atoms with E-state index in [0.29, 0.717) is 18.4 Å². The summed E-state index contributed by atoms with van der Waals surface area (Å²) >= 11 is 0.